The van der Waals surface area contributed by atoms with Gasteiger partial charge in [-0.15, -0.1) is 0 Å². The summed E-state index contributed by atoms with van der Waals surface area (Å²) in [5.74, 6) is 0.853. The molecule has 0 amide bonds. The Balaban J connectivity index is 1.50. The summed E-state index contributed by atoms with van der Waals surface area (Å²) < 4.78 is 5.52. The zero-order chi connectivity index (χ0) is 18.2. The molecule has 4 nitrogen and oxygen atoms in total. The Kier molecular flexibility index (Phi) is 4.90. The number of carbonyl (C=O) groups excluding carboxylic acids is 1. The van der Waals surface area contributed by atoms with E-state index in [1.807, 2.05) is 32.9 Å². The molecule has 2 unspecified atom stereocenters. The van der Waals surface area contributed by atoms with Gasteiger partial charge in [0.2, 0.25) is 0 Å². The van der Waals surface area contributed by atoms with Gasteiger partial charge in [0.1, 0.15) is 5.60 Å². The summed E-state index contributed by atoms with van der Waals surface area (Å²) in [4.78, 5) is 23.1. The first kappa shape index (κ1) is 18.0. The van der Waals surface area contributed by atoms with Crippen LogP contribution in [-0.4, -0.2) is 22.6 Å². The predicted molar refractivity (Wildman–Crippen MR) is 95.5 cm³/mol. The molecule has 1 aromatic rings. The van der Waals surface area contributed by atoms with Gasteiger partial charge in [-0.25, -0.2) is 4.79 Å². The van der Waals surface area contributed by atoms with Gasteiger partial charge < -0.3 is 9.84 Å². The van der Waals surface area contributed by atoms with Crippen LogP contribution in [0.3, 0.4) is 0 Å². The van der Waals surface area contributed by atoms with Gasteiger partial charge in [-0.05, 0) is 88.3 Å². The molecular formula is C21H28O4. The summed E-state index contributed by atoms with van der Waals surface area (Å²) in [6.45, 7) is 5.76. The highest BCUT2D eigenvalue weighted by Crippen LogP contribution is 2.52. The van der Waals surface area contributed by atoms with Crippen LogP contribution in [0.4, 0.5) is 0 Å². The molecule has 0 bridgehead atoms. The zero-order valence-corrected chi connectivity index (χ0v) is 15.3. The second kappa shape index (κ2) is 6.81. The average Bonchev–Trinajstić information content (AvgIpc) is 3.34. The predicted octanol–water partition coefficient (Wildman–Crippen LogP) is 4.64. The lowest BCUT2D eigenvalue weighted by Gasteiger charge is -2.29. The lowest BCUT2D eigenvalue weighted by Crippen LogP contribution is -2.26. The van der Waals surface area contributed by atoms with E-state index in [4.69, 9.17) is 9.84 Å². The normalized spacial score (nSPS) is 29.1. The monoisotopic (exact) mass is 344 g/mol. The third-order valence-corrected chi connectivity index (χ3v) is 5.56. The van der Waals surface area contributed by atoms with Crippen LogP contribution in [0.1, 0.15) is 74.7 Å². The van der Waals surface area contributed by atoms with Crippen LogP contribution in [0.25, 0.3) is 0 Å². The van der Waals surface area contributed by atoms with E-state index < -0.39 is 11.6 Å². The highest BCUT2D eigenvalue weighted by Gasteiger charge is 2.49. The Hall–Kier alpha value is -1.84. The van der Waals surface area contributed by atoms with Crippen LogP contribution in [0, 0.1) is 17.8 Å². The molecule has 0 spiro atoms. The molecule has 25 heavy (non-hydrogen) atoms. The van der Waals surface area contributed by atoms with E-state index in [0.717, 1.165) is 32.1 Å². The van der Waals surface area contributed by atoms with Crippen LogP contribution < -0.4 is 0 Å². The summed E-state index contributed by atoms with van der Waals surface area (Å²) in [5, 5.41) is 8.99. The third-order valence-electron chi connectivity index (χ3n) is 5.56. The van der Waals surface area contributed by atoms with E-state index in [9.17, 15) is 9.59 Å². The number of rotatable bonds is 4. The SMILES string of the molecule is CC(C)(C)OC(=O)C1CC1[C@H]1CC[C@H](c2ccc(C(=O)O)cc2)CC1. The number of ether oxygens (including phenoxy) is 1. The fourth-order valence-electron chi connectivity index (χ4n) is 4.16. The van der Waals surface area contributed by atoms with Gasteiger partial charge in [0.25, 0.3) is 0 Å². The van der Waals surface area contributed by atoms with Crippen molar-refractivity contribution in [3.05, 3.63) is 35.4 Å². The Morgan fingerprint density at radius 2 is 1.64 bits per heavy atom. The highest BCUT2D eigenvalue weighted by molar-refractivity contribution is 5.87. The van der Waals surface area contributed by atoms with Crippen molar-refractivity contribution in [2.75, 3.05) is 0 Å². The van der Waals surface area contributed by atoms with Crippen LogP contribution in [0.15, 0.2) is 24.3 Å². The minimum atomic E-state index is -0.878. The van der Waals surface area contributed by atoms with Crippen LogP contribution in [0.5, 0.6) is 0 Å². The lowest BCUT2D eigenvalue weighted by molar-refractivity contribution is -0.157. The van der Waals surface area contributed by atoms with Gasteiger partial charge in [-0.1, -0.05) is 12.1 Å². The van der Waals surface area contributed by atoms with Crippen LogP contribution >= 0.6 is 0 Å². The Bertz CT molecular complexity index is 633. The summed E-state index contributed by atoms with van der Waals surface area (Å²) >= 11 is 0. The smallest absolute Gasteiger partial charge is 0.335 e. The molecule has 1 aromatic carbocycles. The fourth-order valence-corrected chi connectivity index (χ4v) is 4.16. The minimum absolute atomic E-state index is 0.0242. The van der Waals surface area contributed by atoms with E-state index >= 15 is 0 Å². The van der Waals surface area contributed by atoms with E-state index in [0.29, 0.717) is 23.3 Å². The number of hydrogen-bond acceptors (Lipinski definition) is 3. The molecule has 2 aliphatic rings. The van der Waals surface area contributed by atoms with Crippen molar-refractivity contribution in [3.8, 4) is 0 Å². The number of esters is 1. The number of aromatic carboxylic acids is 1. The number of carboxylic acids is 1. The first-order chi connectivity index (χ1) is 11.7. The molecule has 4 heteroatoms. The molecule has 2 atom stereocenters. The molecule has 0 heterocycles. The molecule has 1 N–H and O–H groups in total. The van der Waals surface area contributed by atoms with E-state index in [1.54, 1.807) is 12.1 Å². The van der Waals surface area contributed by atoms with Crippen molar-refractivity contribution in [2.45, 2.75) is 64.4 Å². The third kappa shape index (κ3) is 4.42. The first-order valence-electron chi connectivity index (χ1n) is 9.30. The number of carbonyl (C=O) groups is 2. The number of carboxylic acid groups (broad SMARTS) is 1. The fraction of sp³-hybridized carbons (Fsp3) is 0.619. The second-order valence-electron chi connectivity index (χ2n) is 8.58. The lowest BCUT2D eigenvalue weighted by atomic mass is 9.76. The van der Waals surface area contributed by atoms with Gasteiger partial charge in [0.15, 0.2) is 0 Å². The van der Waals surface area contributed by atoms with Crippen molar-refractivity contribution in [3.63, 3.8) is 0 Å². The molecule has 0 radical (unpaired) electrons. The number of hydrogen-bond donors (Lipinski definition) is 1. The Morgan fingerprint density at radius 1 is 1.04 bits per heavy atom. The molecule has 0 aromatic heterocycles. The van der Waals surface area contributed by atoms with E-state index in [1.165, 1.54) is 5.56 Å². The van der Waals surface area contributed by atoms with Crippen molar-refractivity contribution in [1.29, 1.82) is 0 Å². The molecule has 2 aliphatic carbocycles. The minimum Gasteiger partial charge on any atom is -0.478 e. The van der Waals surface area contributed by atoms with Crippen molar-refractivity contribution >= 4 is 11.9 Å². The average molecular weight is 344 g/mol. The van der Waals surface area contributed by atoms with Crippen LogP contribution in [0.2, 0.25) is 0 Å². The summed E-state index contributed by atoms with van der Waals surface area (Å²) in [5.41, 5.74) is 1.18. The molecule has 136 valence electrons. The Morgan fingerprint density at radius 3 is 2.16 bits per heavy atom. The molecule has 0 saturated heterocycles. The van der Waals surface area contributed by atoms with Gasteiger partial charge >= 0.3 is 11.9 Å². The Labute approximate surface area is 149 Å². The second-order valence-corrected chi connectivity index (χ2v) is 8.58. The molecule has 0 aliphatic heterocycles. The molecule has 3 rings (SSSR count). The molecular weight excluding hydrogens is 316 g/mol. The topological polar surface area (TPSA) is 63.6 Å². The van der Waals surface area contributed by atoms with Gasteiger partial charge in [0.05, 0.1) is 11.5 Å². The van der Waals surface area contributed by atoms with Gasteiger partial charge in [-0.2, -0.15) is 0 Å². The standard InChI is InChI=1S/C21H28O4/c1-21(2,3)25-20(24)18-12-17(18)15-8-4-13(5-9-15)14-6-10-16(11-7-14)19(22)23/h6-7,10-11,13,15,17-18H,4-5,8-9,12H2,1-3H3,(H,22,23)/t13-,15-,17?,18?. The van der Waals surface area contributed by atoms with E-state index in [2.05, 4.69) is 0 Å². The first-order valence-corrected chi connectivity index (χ1v) is 9.30. The van der Waals surface area contributed by atoms with Crippen molar-refractivity contribution in [2.24, 2.45) is 17.8 Å². The van der Waals surface area contributed by atoms with Crippen LogP contribution in [-0.2, 0) is 9.53 Å². The maximum atomic E-state index is 12.2. The van der Waals surface area contributed by atoms with Crippen molar-refractivity contribution < 1.29 is 19.4 Å². The summed E-state index contributed by atoms with van der Waals surface area (Å²) in [6, 6.07) is 7.30. The molecule has 2 fully saturated rings. The zero-order valence-electron chi connectivity index (χ0n) is 15.3. The number of benzene rings is 1. The largest absolute Gasteiger partial charge is 0.478 e. The summed E-state index contributed by atoms with van der Waals surface area (Å²) in [7, 11) is 0. The summed E-state index contributed by atoms with van der Waals surface area (Å²) in [6.07, 6.45) is 5.52. The van der Waals surface area contributed by atoms with E-state index in [-0.39, 0.29) is 11.9 Å². The van der Waals surface area contributed by atoms with Crippen molar-refractivity contribution in [1.82, 2.24) is 0 Å². The molecule has 2 saturated carbocycles. The quantitative estimate of drug-likeness (QED) is 0.809. The maximum absolute atomic E-state index is 12.2. The van der Waals surface area contributed by atoms with Gasteiger partial charge in [-0.3, -0.25) is 4.79 Å². The maximum Gasteiger partial charge on any atom is 0.335 e. The van der Waals surface area contributed by atoms with Gasteiger partial charge in [0, 0.05) is 0 Å². The highest BCUT2D eigenvalue weighted by atomic mass is 16.6.